The van der Waals surface area contributed by atoms with Gasteiger partial charge in [-0.3, -0.25) is 9.59 Å². The molecule has 0 bridgehead atoms. The summed E-state index contributed by atoms with van der Waals surface area (Å²) in [5.74, 6) is -0.524. The Labute approximate surface area is 217 Å². The van der Waals surface area contributed by atoms with Crippen molar-refractivity contribution in [3.8, 4) is 0 Å². The fourth-order valence-electron chi connectivity index (χ4n) is 3.91. The van der Waals surface area contributed by atoms with E-state index in [1.165, 1.54) is 0 Å². The Hall–Kier alpha value is -2.22. The molecule has 0 fully saturated rings. The molecule has 35 heavy (non-hydrogen) atoms. The monoisotopic (exact) mass is 507 g/mol. The molecule has 2 unspecified atom stereocenters. The molecule has 0 aliphatic heterocycles. The van der Waals surface area contributed by atoms with Crippen molar-refractivity contribution in [1.82, 2.24) is 15.5 Å². The number of nitrogens with one attached hydrogen (secondary N) is 2. The van der Waals surface area contributed by atoms with Gasteiger partial charge in [0.15, 0.2) is 0 Å². The van der Waals surface area contributed by atoms with Crippen LogP contribution in [0.4, 0.5) is 4.79 Å². The van der Waals surface area contributed by atoms with Crippen molar-refractivity contribution in [2.24, 2.45) is 0 Å². The van der Waals surface area contributed by atoms with Gasteiger partial charge in [-0.05, 0) is 60.5 Å². The molecule has 2 atom stereocenters. The van der Waals surface area contributed by atoms with Gasteiger partial charge in [0.05, 0.1) is 0 Å². The second kappa shape index (κ2) is 14.4. The highest BCUT2D eigenvalue weighted by Gasteiger charge is 2.36. The van der Waals surface area contributed by atoms with Crippen molar-refractivity contribution in [2.75, 3.05) is 12.3 Å². The van der Waals surface area contributed by atoms with Gasteiger partial charge in [-0.25, -0.2) is 4.79 Å². The lowest BCUT2D eigenvalue weighted by molar-refractivity contribution is -0.142. The number of amides is 3. The molecule has 2 N–H and O–H groups in total. The molecular formula is C27H45N3O4S. The first kappa shape index (κ1) is 30.8. The lowest BCUT2D eigenvalue weighted by atomic mass is 9.98. The Morgan fingerprint density at radius 2 is 1.60 bits per heavy atom. The van der Waals surface area contributed by atoms with Crippen LogP contribution in [0.5, 0.6) is 0 Å². The van der Waals surface area contributed by atoms with Crippen molar-refractivity contribution < 1.29 is 19.1 Å². The summed E-state index contributed by atoms with van der Waals surface area (Å²) in [5.41, 5.74) is 2.07. The Bertz CT molecular complexity index is 831. The summed E-state index contributed by atoms with van der Waals surface area (Å²) < 4.78 is 5.36. The Balaban J connectivity index is 3.43. The van der Waals surface area contributed by atoms with Crippen LogP contribution in [0.3, 0.4) is 0 Å². The molecule has 0 aliphatic rings. The molecule has 198 valence electrons. The molecule has 0 aliphatic carbocycles. The van der Waals surface area contributed by atoms with E-state index in [9.17, 15) is 14.4 Å². The van der Waals surface area contributed by atoms with Crippen LogP contribution in [0.2, 0.25) is 0 Å². The van der Waals surface area contributed by atoms with Gasteiger partial charge >= 0.3 is 6.09 Å². The Morgan fingerprint density at radius 3 is 2.09 bits per heavy atom. The molecule has 0 radical (unpaired) electrons. The van der Waals surface area contributed by atoms with Crippen LogP contribution in [0, 0.1) is 13.8 Å². The summed E-state index contributed by atoms with van der Waals surface area (Å²) in [6.45, 7) is 15.5. The number of ether oxygens (including phenoxy) is 1. The van der Waals surface area contributed by atoms with Crippen LogP contribution in [0.25, 0.3) is 0 Å². The minimum atomic E-state index is -0.931. The summed E-state index contributed by atoms with van der Waals surface area (Å²) in [5, 5.41) is 5.64. The van der Waals surface area contributed by atoms with Gasteiger partial charge in [0, 0.05) is 18.3 Å². The predicted molar refractivity (Wildman–Crippen MR) is 145 cm³/mol. The zero-order valence-corrected chi connectivity index (χ0v) is 23.6. The van der Waals surface area contributed by atoms with E-state index >= 15 is 0 Å². The maximum atomic E-state index is 13.8. The van der Waals surface area contributed by atoms with E-state index < -0.39 is 23.8 Å². The van der Waals surface area contributed by atoms with Crippen LogP contribution in [0.1, 0.15) is 90.0 Å². The fraction of sp³-hybridized carbons (Fsp3) is 0.667. The van der Waals surface area contributed by atoms with Crippen LogP contribution in [0.15, 0.2) is 18.2 Å². The van der Waals surface area contributed by atoms with Gasteiger partial charge in [0.2, 0.25) is 11.8 Å². The van der Waals surface area contributed by atoms with E-state index in [4.69, 9.17) is 4.74 Å². The average Bonchev–Trinajstić information content (AvgIpc) is 2.71. The number of hydrogen-bond donors (Lipinski definition) is 3. The maximum absolute atomic E-state index is 13.8. The number of benzene rings is 1. The number of unbranched alkanes of at least 4 members (excludes halogenated alkanes) is 3. The van der Waals surface area contributed by atoms with Crippen LogP contribution >= 0.6 is 12.6 Å². The van der Waals surface area contributed by atoms with Gasteiger partial charge in [-0.1, -0.05) is 55.5 Å². The van der Waals surface area contributed by atoms with E-state index in [1.807, 2.05) is 45.9 Å². The minimum Gasteiger partial charge on any atom is -0.444 e. The Kier molecular flexibility index (Phi) is 12.6. The minimum absolute atomic E-state index is 0.0783. The van der Waals surface area contributed by atoms with Crippen molar-refractivity contribution in [3.05, 3.63) is 34.9 Å². The molecule has 0 spiro atoms. The van der Waals surface area contributed by atoms with Gasteiger partial charge in [0.25, 0.3) is 0 Å². The molecule has 8 heteroatoms. The third-order valence-corrected chi connectivity index (χ3v) is 5.62. The van der Waals surface area contributed by atoms with E-state index in [-0.39, 0.29) is 23.6 Å². The fourth-order valence-corrected chi connectivity index (χ4v) is 4.16. The molecule has 0 saturated carbocycles. The summed E-state index contributed by atoms with van der Waals surface area (Å²) in [7, 11) is 0. The second-order valence-electron chi connectivity index (χ2n) is 10.5. The van der Waals surface area contributed by atoms with Crippen molar-refractivity contribution in [1.29, 1.82) is 0 Å². The van der Waals surface area contributed by atoms with E-state index in [0.29, 0.717) is 6.54 Å². The summed E-state index contributed by atoms with van der Waals surface area (Å²) in [4.78, 5) is 41.4. The van der Waals surface area contributed by atoms with E-state index in [0.717, 1.165) is 42.4 Å². The SMILES string of the molecule is CCCCCCN(C(=O)C(CS)NC(=O)OC(C)(C)C)C(C(=O)NC(C)C)c1cc(C)cc(C)c1. The molecule has 1 aromatic rings. The maximum Gasteiger partial charge on any atom is 0.408 e. The van der Waals surface area contributed by atoms with Crippen LogP contribution < -0.4 is 10.6 Å². The molecule has 1 aromatic carbocycles. The standard InChI is InChI=1S/C27H45N3O4S/c1-9-10-11-12-13-30(25(32)22(17-35)29-26(33)34-27(6,7)8)23(24(31)28-18(2)3)21-15-19(4)14-20(5)16-21/h14-16,18,22-23,35H,9-13,17H2,1-8H3,(H,28,31)(H,29,33). The van der Waals surface area contributed by atoms with E-state index in [2.05, 4.69) is 30.2 Å². The van der Waals surface area contributed by atoms with Gasteiger partial charge in [-0.2, -0.15) is 12.6 Å². The predicted octanol–water partition coefficient (Wildman–Crippen LogP) is 5.10. The highest BCUT2D eigenvalue weighted by atomic mass is 32.1. The van der Waals surface area contributed by atoms with Gasteiger partial charge in [-0.15, -0.1) is 0 Å². The first-order chi connectivity index (χ1) is 16.3. The number of rotatable bonds is 12. The topological polar surface area (TPSA) is 87.7 Å². The smallest absolute Gasteiger partial charge is 0.408 e. The van der Waals surface area contributed by atoms with Crippen LogP contribution in [-0.4, -0.2) is 52.8 Å². The summed E-state index contributed by atoms with van der Waals surface area (Å²) in [6, 6.07) is 4.08. The van der Waals surface area contributed by atoms with Crippen LogP contribution in [-0.2, 0) is 14.3 Å². The summed E-state index contributed by atoms with van der Waals surface area (Å²) in [6.07, 6.45) is 3.10. The molecular weight excluding hydrogens is 462 g/mol. The van der Waals surface area contributed by atoms with Gasteiger partial charge < -0.3 is 20.3 Å². The first-order valence-electron chi connectivity index (χ1n) is 12.6. The average molecular weight is 508 g/mol. The molecule has 0 aromatic heterocycles. The molecule has 0 saturated heterocycles. The third kappa shape index (κ3) is 10.9. The zero-order chi connectivity index (χ0) is 26.8. The van der Waals surface area contributed by atoms with Crippen molar-refractivity contribution in [2.45, 2.75) is 105 Å². The lowest BCUT2D eigenvalue weighted by Crippen LogP contribution is -2.54. The Morgan fingerprint density at radius 1 is 1.00 bits per heavy atom. The number of alkyl carbamates (subject to hydrolysis) is 1. The lowest BCUT2D eigenvalue weighted by Gasteiger charge is -2.35. The number of carbonyl (C=O) groups is 3. The van der Waals surface area contributed by atoms with Crippen molar-refractivity contribution in [3.63, 3.8) is 0 Å². The highest BCUT2D eigenvalue weighted by molar-refractivity contribution is 7.80. The van der Waals surface area contributed by atoms with Crippen molar-refractivity contribution >= 4 is 30.5 Å². The molecule has 3 amide bonds. The largest absolute Gasteiger partial charge is 0.444 e. The number of hydrogen-bond acceptors (Lipinski definition) is 5. The normalized spacial score (nSPS) is 13.2. The number of nitrogens with zero attached hydrogens (tertiary/aromatic N) is 1. The third-order valence-electron chi connectivity index (χ3n) is 5.26. The number of carbonyl (C=O) groups excluding carboxylic acids is 3. The van der Waals surface area contributed by atoms with E-state index in [1.54, 1.807) is 25.7 Å². The highest BCUT2D eigenvalue weighted by Crippen LogP contribution is 2.26. The molecule has 7 nitrogen and oxygen atoms in total. The quantitative estimate of drug-likeness (QED) is 0.271. The zero-order valence-electron chi connectivity index (χ0n) is 22.7. The number of thiol groups is 1. The molecule has 1 rings (SSSR count). The summed E-state index contributed by atoms with van der Waals surface area (Å²) >= 11 is 4.34. The first-order valence-corrected chi connectivity index (χ1v) is 13.2. The second-order valence-corrected chi connectivity index (χ2v) is 10.8. The number of aryl methyl sites for hydroxylation is 2. The molecule has 0 heterocycles. The van der Waals surface area contributed by atoms with Gasteiger partial charge in [0.1, 0.15) is 17.7 Å².